The number of hydrogen-bond acceptors (Lipinski definition) is 4. The Kier molecular flexibility index (Phi) is 4.51. The van der Waals surface area contributed by atoms with Gasteiger partial charge in [0.05, 0.1) is 16.5 Å². The van der Waals surface area contributed by atoms with Gasteiger partial charge in [0, 0.05) is 12.3 Å². The second-order valence-electron chi connectivity index (χ2n) is 5.46. The van der Waals surface area contributed by atoms with Crippen molar-refractivity contribution >= 4 is 21.5 Å². The van der Waals surface area contributed by atoms with Gasteiger partial charge in [0.2, 0.25) is 0 Å². The number of aliphatic carboxylic acids is 1. The molecule has 21 heavy (non-hydrogen) atoms. The van der Waals surface area contributed by atoms with Gasteiger partial charge in [0.25, 0.3) is 0 Å². The molecule has 7 heteroatoms. The number of rotatable bonds is 4. The molecule has 2 N–H and O–H groups in total. The van der Waals surface area contributed by atoms with Crippen LogP contribution in [-0.2, 0) is 14.6 Å². The lowest BCUT2D eigenvalue weighted by atomic mass is 9.85. The lowest BCUT2D eigenvalue weighted by Gasteiger charge is -2.28. The molecule has 116 valence electrons. The average Bonchev–Trinajstić information content (AvgIpc) is 2.40. The van der Waals surface area contributed by atoms with Gasteiger partial charge >= 0.3 is 5.97 Å². The Morgan fingerprint density at radius 3 is 2.71 bits per heavy atom. The fourth-order valence-electron chi connectivity index (χ4n) is 2.61. The van der Waals surface area contributed by atoms with Crippen molar-refractivity contribution in [3.63, 3.8) is 0 Å². The predicted molar refractivity (Wildman–Crippen MR) is 76.5 cm³/mol. The number of anilines is 1. The minimum Gasteiger partial charge on any atom is -0.481 e. The van der Waals surface area contributed by atoms with Crippen LogP contribution in [0.3, 0.4) is 0 Å². The summed E-state index contributed by atoms with van der Waals surface area (Å²) in [6.07, 6.45) is 3.59. The zero-order valence-corrected chi connectivity index (χ0v) is 12.5. The fraction of sp³-hybridized carbons (Fsp3) is 0.500. The molecule has 1 aliphatic carbocycles. The Balaban J connectivity index is 2.17. The summed E-state index contributed by atoms with van der Waals surface area (Å²) in [5, 5.41) is 12.0. The van der Waals surface area contributed by atoms with Crippen molar-refractivity contribution in [2.24, 2.45) is 5.92 Å². The largest absolute Gasteiger partial charge is 0.481 e. The van der Waals surface area contributed by atoms with Gasteiger partial charge in [0.1, 0.15) is 5.82 Å². The monoisotopic (exact) mass is 315 g/mol. The van der Waals surface area contributed by atoms with Crippen LogP contribution in [0.4, 0.5) is 10.1 Å². The van der Waals surface area contributed by atoms with E-state index < -0.39 is 27.5 Å². The minimum absolute atomic E-state index is 0.0389. The summed E-state index contributed by atoms with van der Waals surface area (Å²) in [7, 11) is -3.41. The molecule has 1 aromatic carbocycles. The first kappa shape index (κ1) is 15.8. The van der Waals surface area contributed by atoms with Crippen molar-refractivity contribution in [2.75, 3.05) is 11.6 Å². The van der Waals surface area contributed by atoms with Crippen LogP contribution in [0.5, 0.6) is 0 Å². The van der Waals surface area contributed by atoms with Crippen LogP contribution in [0, 0.1) is 11.7 Å². The van der Waals surface area contributed by atoms with Crippen LogP contribution in [0.2, 0.25) is 0 Å². The molecular formula is C14H18FNO4S. The van der Waals surface area contributed by atoms with E-state index in [1.54, 1.807) is 0 Å². The predicted octanol–water partition coefficient (Wildman–Crippen LogP) is 2.28. The third-order valence-electron chi connectivity index (χ3n) is 3.75. The highest BCUT2D eigenvalue weighted by Crippen LogP contribution is 2.28. The summed E-state index contributed by atoms with van der Waals surface area (Å²) in [5.74, 6) is -1.82. The number of halogens is 1. The first-order chi connectivity index (χ1) is 9.77. The Morgan fingerprint density at radius 1 is 1.38 bits per heavy atom. The average molecular weight is 315 g/mol. The van der Waals surface area contributed by atoms with Crippen LogP contribution in [-0.4, -0.2) is 31.8 Å². The molecule has 1 aliphatic rings. The molecule has 0 bridgehead atoms. The summed E-state index contributed by atoms with van der Waals surface area (Å²) < 4.78 is 36.8. The maximum absolute atomic E-state index is 13.8. The Bertz CT molecular complexity index is 644. The molecule has 1 aromatic rings. The number of carbonyl (C=O) groups is 1. The second-order valence-corrected chi connectivity index (χ2v) is 7.47. The zero-order valence-electron chi connectivity index (χ0n) is 11.7. The maximum atomic E-state index is 13.8. The Hall–Kier alpha value is -1.63. The van der Waals surface area contributed by atoms with Crippen LogP contribution in [0.1, 0.15) is 25.7 Å². The highest BCUT2D eigenvalue weighted by molar-refractivity contribution is 7.90. The van der Waals surface area contributed by atoms with Crippen molar-refractivity contribution in [2.45, 2.75) is 36.6 Å². The number of carboxylic acid groups (broad SMARTS) is 1. The summed E-state index contributed by atoms with van der Waals surface area (Å²) >= 11 is 0. The zero-order chi connectivity index (χ0) is 15.6. The SMILES string of the molecule is CS(=O)(=O)c1ccc(F)c(NC2CCCC(C(=O)O)C2)c1. The number of nitrogens with one attached hydrogen (secondary N) is 1. The standard InChI is InChI=1S/C14H18FNO4S/c1-21(19,20)11-5-6-12(15)13(8-11)16-10-4-2-3-9(7-10)14(17)18/h5-6,8-10,16H,2-4,7H2,1H3,(H,17,18). The lowest BCUT2D eigenvalue weighted by Crippen LogP contribution is -2.31. The van der Waals surface area contributed by atoms with Crippen molar-refractivity contribution in [1.29, 1.82) is 0 Å². The molecule has 0 aliphatic heterocycles. The third kappa shape index (κ3) is 3.93. The van der Waals surface area contributed by atoms with Gasteiger partial charge in [-0.1, -0.05) is 6.42 Å². The van der Waals surface area contributed by atoms with E-state index in [0.29, 0.717) is 12.8 Å². The molecule has 1 saturated carbocycles. The van der Waals surface area contributed by atoms with E-state index >= 15 is 0 Å². The van der Waals surface area contributed by atoms with Gasteiger partial charge < -0.3 is 10.4 Å². The van der Waals surface area contributed by atoms with E-state index in [9.17, 15) is 17.6 Å². The van der Waals surface area contributed by atoms with Crippen LogP contribution >= 0.6 is 0 Å². The number of hydrogen-bond donors (Lipinski definition) is 2. The van der Waals surface area contributed by atoms with Gasteiger partial charge in [-0.2, -0.15) is 0 Å². The summed E-state index contributed by atoms with van der Waals surface area (Å²) in [5.41, 5.74) is 0.106. The molecule has 1 fully saturated rings. The summed E-state index contributed by atoms with van der Waals surface area (Å²) in [6, 6.07) is 3.42. The molecule has 0 spiro atoms. The van der Waals surface area contributed by atoms with E-state index in [-0.39, 0.29) is 16.6 Å². The van der Waals surface area contributed by atoms with Crippen LogP contribution in [0.15, 0.2) is 23.1 Å². The summed E-state index contributed by atoms with van der Waals surface area (Å²) in [4.78, 5) is 11.1. The summed E-state index contributed by atoms with van der Waals surface area (Å²) in [6.45, 7) is 0. The molecular weight excluding hydrogens is 297 g/mol. The van der Waals surface area contributed by atoms with E-state index in [4.69, 9.17) is 5.11 Å². The lowest BCUT2D eigenvalue weighted by molar-refractivity contribution is -0.142. The van der Waals surface area contributed by atoms with E-state index in [2.05, 4.69) is 5.32 Å². The molecule has 0 radical (unpaired) electrons. The number of sulfone groups is 1. The second kappa shape index (κ2) is 6.01. The van der Waals surface area contributed by atoms with E-state index in [1.165, 1.54) is 12.1 Å². The molecule has 2 rings (SSSR count). The highest BCUT2D eigenvalue weighted by Gasteiger charge is 2.27. The van der Waals surface area contributed by atoms with Gasteiger partial charge in [-0.3, -0.25) is 4.79 Å². The van der Waals surface area contributed by atoms with Gasteiger partial charge in [-0.25, -0.2) is 12.8 Å². The van der Waals surface area contributed by atoms with Crippen molar-refractivity contribution in [3.05, 3.63) is 24.0 Å². The first-order valence-electron chi connectivity index (χ1n) is 6.76. The normalized spacial score (nSPS) is 22.8. The van der Waals surface area contributed by atoms with Crippen LogP contribution in [0.25, 0.3) is 0 Å². The molecule has 0 amide bonds. The van der Waals surface area contributed by atoms with Gasteiger partial charge in [-0.15, -0.1) is 0 Å². The highest BCUT2D eigenvalue weighted by atomic mass is 32.2. The van der Waals surface area contributed by atoms with Gasteiger partial charge in [0.15, 0.2) is 9.84 Å². The van der Waals surface area contributed by atoms with E-state index in [1.807, 2.05) is 0 Å². The molecule has 0 saturated heterocycles. The smallest absolute Gasteiger partial charge is 0.306 e. The number of benzene rings is 1. The van der Waals surface area contributed by atoms with Crippen molar-refractivity contribution in [3.8, 4) is 0 Å². The maximum Gasteiger partial charge on any atom is 0.306 e. The quantitative estimate of drug-likeness (QED) is 0.833. The number of carboxylic acids is 1. The van der Waals surface area contributed by atoms with Crippen LogP contribution < -0.4 is 5.32 Å². The Morgan fingerprint density at radius 2 is 2.10 bits per heavy atom. The minimum atomic E-state index is -3.41. The third-order valence-corrected chi connectivity index (χ3v) is 4.86. The fourth-order valence-corrected chi connectivity index (χ4v) is 3.26. The van der Waals surface area contributed by atoms with E-state index in [0.717, 1.165) is 25.2 Å². The molecule has 2 unspecified atom stereocenters. The van der Waals surface area contributed by atoms with Crippen molar-refractivity contribution in [1.82, 2.24) is 0 Å². The molecule has 0 heterocycles. The molecule has 5 nitrogen and oxygen atoms in total. The Labute approximate surface area is 123 Å². The topological polar surface area (TPSA) is 83.5 Å². The first-order valence-corrected chi connectivity index (χ1v) is 8.65. The molecule has 0 aromatic heterocycles. The van der Waals surface area contributed by atoms with Crippen molar-refractivity contribution < 1.29 is 22.7 Å². The van der Waals surface area contributed by atoms with Gasteiger partial charge in [-0.05, 0) is 37.5 Å². The molecule has 2 atom stereocenters.